The largest absolute Gasteiger partial charge is 0.497 e. The average molecular weight is 270 g/mol. The first-order chi connectivity index (χ1) is 9.69. The number of nitrogens with zero attached hydrogens (tertiary/aromatic N) is 2. The van der Waals surface area contributed by atoms with Gasteiger partial charge >= 0.3 is 0 Å². The van der Waals surface area contributed by atoms with Gasteiger partial charge in [0.05, 0.1) is 12.0 Å². The standard InChI is InChI=1S/C15H14N2O3/c1-20-14-5-2-12(3-6-14)16-9-8-11-10-13(17(18)19)4-7-15(11)16/h2-7,10H,8-9H2,1H3. The number of nitro benzene ring substituents is 1. The second-order valence-corrected chi connectivity index (χ2v) is 4.67. The van der Waals surface area contributed by atoms with Crippen molar-refractivity contribution in [1.29, 1.82) is 0 Å². The predicted octanol–water partition coefficient (Wildman–Crippen LogP) is 3.30. The Morgan fingerprint density at radius 1 is 1.20 bits per heavy atom. The molecule has 5 heteroatoms. The van der Waals surface area contributed by atoms with Crippen molar-refractivity contribution in [3.63, 3.8) is 0 Å². The quantitative estimate of drug-likeness (QED) is 0.634. The predicted molar refractivity (Wildman–Crippen MR) is 76.8 cm³/mol. The van der Waals surface area contributed by atoms with Crippen LogP contribution in [-0.2, 0) is 6.42 Å². The molecule has 0 fully saturated rings. The van der Waals surface area contributed by atoms with E-state index in [9.17, 15) is 10.1 Å². The summed E-state index contributed by atoms with van der Waals surface area (Å²) in [5, 5.41) is 10.8. The van der Waals surface area contributed by atoms with Gasteiger partial charge in [0, 0.05) is 30.1 Å². The van der Waals surface area contributed by atoms with E-state index < -0.39 is 0 Å². The Hall–Kier alpha value is -2.56. The van der Waals surface area contributed by atoms with E-state index in [0.29, 0.717) is 0 Å². The third-order valence-electron chi connectivity index (χ3n) is 3.55. The van der Waals surface area contributed by atoms with E-state index in [1.54, 1.807) is 19.2 Å². The van der Waals surface area contributed by atoms with Crippen LogP contribution in [0.25, 0.3) is 0 Å². The highest BCUT2D eigenvalue weighted by Crippen LogP contribution is 2.36. The third kappa shape index (κ3) is 2.07. The van der Waals surface area contributed by atoms with Crippen LogP contribution in [0.15, 0.2) is 42.5 Å². The number of rotatable bonds is 3. The minimum absolute atomic E-state index is 0.153. The zero-order chi connectivity index (χ0) is 14.1. The molecule has 0 amide bonds. The number of methoxy groups -OCH3 is 1. The lowest BCUT2D eigenvalue weighted by Crippen LogP contribution is -2.12. The highest BCUT2D eigenvalue weighted by Gasteiger charge is 2.22. The Kier molecular flexibility index (Phi) is 3.02. The highest BCUT2D eigenvalue weighted by atomic mass is 16.6. The number of nitro groups is 1. The van der Waals surface area contributed by atoms with Crippen LogP contribution in [0.3, 0.4) is 0 Å². The molecular formula is C15H14N2O3. The van der Waals surface area contributed by atoms with E-state index in [1.165, 1.54) is 0 Å². The molecule has 5 nitrogen and oxygen atoms in total. The summed E-state index contributed by atoms with van der Waals surface area (Å²) in [7, 11) is 1.64. The number of ether oxygens (including phenoxy) is 1. The minimum atomic E-state index is -0.351. The molecule has 0 radical (unpaired) electrons. The third-order valence-corrected chi connectivity index (χ3v) is 3.55. The van der Waals surface area contributed by atoms with E-state index in [2.05, 4.69) is 4.90 Å². The molecule has 1 heterocycles. The molecule has 102 valence electrons. The SMILES string of the molecule is COc1ccc(N2CCc3cc([N+](=O)[O-])ccc32)cc1. The van der Waals surface area contributed by atoms with Gasteiger partial charge in [-0.05, 0) is 42.3 Å². The molecule has 0 unspecified atom stereocenters. The minimum Gasteiger partial charge on any atom is -0.497 e. The van der Waals surface area contributed by atoms with Gasteiger partial charge in [-0.15, -0.1) is 0 Å². The average Bonchev–Trinajstić information content (AvgIpc) is 2.90. The van der Waals surface area contributed by atoms with Crippen LogP contribution in [0.5, 0.6) is 5.75 Å². The van der Waals surface area contributed by atoms with Crippen molar-refractivity contribution < 1.29 is 9.66 Å². The zero-order valence-corrected chi connectivity index (χ0v) is 11.1. The lowest BCUT2D eigenvalue weighted by Gasteiger charge is -2.19. The summed E-state index contributed by atoms with van der Waals surface area (Å²) in [4.78, 5) is 12.6. The first kappa shape index (κ1) is 12.5. The maximum absolute atomic E-state index is 10.8. The Bertz CT molecular complexity index is 653. The molecule has 0 spiro atoms. The van der Waals surface area contributed by atoms with E-state index in [4.69, 9.17) is 4.74 Å². The van der Waals surface area contributed by atoms with Crippen molar-refractivity contribution in [2.45, 2.75) is 6.42 Å². The van der Waals surface area contributed by atoms with Gasteiger partial charge in [0.2, 0.25) is 0 Å². The van der Waals surface area contributed by atoms with E-state index in [1.807, 2.05) is 30.3 Å². The highest BCUT2D eigenvalue weighted by molar-refractivity contribution is 5.71. The molecule has 1 aliphatic rings. The number of hydrogen-bond acceptors (Lipinski definition) is 4. The van der Waals surface area contributed by atoms with E-state index in [-0.39, 0.29) is 10.6 Å². The van der Waals surface area contributed by atoms with Crippen molar-refractivity contribution in [3.05, 3.63) is 58.1 Å². The second-order valence-electron chi connectivity index (χ2n) is 4.67. The summed E-state index contributed by atoms with van der Waals surface area (Å²) in [6, 6.07) is 12.9. The summed E-state index contributed by atoms with van der Waals surface area (Å²) in [6.45, 7) is 0.836. The van der Waals surface area contributed by atoms with Crippen molar-refractivity contribution in [1.82, 2.24) is 0 Å². The fourth-order valence-electron chi connectivity index (χ4n) is 2.53. The maximum Gasteiger partial charge on any atom is 0.269 e. The smallest absolute Gasteiger partial charge is 0.269 e. The zero-order valence-electron chi connectivity index (χ0n) is 11.1. The number of non-ortho nitro benzene ring substituents is 1. The summed E-state index contributed by atoms with van der Waals surface area (Å²) >= 11 is 0. The normalized spacial score (nSPS) is 13.2. The van der Waals surface area contributed by atoms with Gasteiger partial charge in [-0.3, -0.25) is 10.1 Å². The van der Waals surface area contributed by atoms with Crippen LogP contribution in [0.1, 0.15) is 5.56 Å². The van der Waals surface area contributed by atoms with Crippen LogP contribution in [0.4, 0.5) is 17.1 Å². The van der Waals surface area contributed by atoms with Gasteiger partial charge < -0.3 is 9.64 Å². The lowest BCUT2D eigenvalue weighted by molar-refractivity contribution is -0.384. The first-order valence-corrected chi connectivity index (χ1v) is 6.38. The van der Waals surface area contributed by atoms with Gasteiger partial charge in [-0.1, -0.05) is 0 Å². The molecule has 2 aromatic rings. The molecule has 0 aliphatic carbocycles. The van der Waals surface area contributed by atoms with Crippen LogP contribution in [0, 0.1) is 10.1 Å². The number of anilines is 2. The van der Waals surface area contributed by atoms with Gasteiger partial charge in [0.25, 0.3) is 5.69 Å². The van der Waals surface area contributed by atoms with Gasteiger partial charge in [0.15, 0.2) is 0 Å². The van der Waals surface area contributed by atoms with E-state index >= 15 is 0 Å². The molecule has 0 aromatic heterocycles. The lowest BCUT2D eigenvalue weighted by atomic mass is 10.1. The maximum atomic E-state index is 10.8. The number of hydrogen-bond donors (Lipinski definition) is 0. The summed E-state index contributed by atoms with van der Waals surface area (Å²) in [5.41, 5.74) is 3.29. The first-order valence-electron chi connectivity index (χ1n) is 6.38. The molecule has 0 saturated carbocycles. The Labute approximate surface area is 116 Å². The second kappa shape index (κ2) is 4.85. The molecule has 0 bridgehead atoms. The van der Waals surface area contributed by atoms with Crippen molar-refractivity contribution >= 4 is 17.1 Å². The van der Waals surface area contributed by atoms with Crippen LogP contribution >= 0.6 is 0 Å². The summed E-state index contributed by atoms with van der Waals surface area (Å²) < 4.78 is 5.15. The van der Waals surface area contributed by atoms with Gasteiger partial charge in [-0.2, -0.15) is 0 Å². The van der Waals surface area contributed by atoms with Crippen molar-refractivity contribution in [2.24, 2.45) is 0 Å². The van der Waals surface area contributed by atoms with E-state index in [0.717, 1.165) is 35.7 Å². The molecule has 0 saturated heterocycles. The van der Waals surface area contributed by atoms with Crippen LogP contribution < -0.4 is 9.64 Å². The molecule has 3 rings (SSSR count). The molecule has 20 heavy (non-hydrogen) atoms. The van der Waals surface area contributed by atoms with Crippen LogP contribution in [0.2, 0.25) is 0 Å². The number of fused-ring (bicyclic) bond motifs is 1. The monoisotopic (exact) mass is 270 g/mol. The fourth-order valence-corrected chi connectivity index (χ4v) is 2.53. The fraction of sp³-hybridized carbons (Fsp3) is 0.200. The molecule has 2 aromatic carbocycles. The van der Waals surface area contributed by atoms with Gasteiger partial charge in [0.1, 0.15) is 5.75 Å². The van der Waals surface area contributed by atoms with Crippen molar-refractivity contribution in [3.8, 4) is 5.75 Å². The van der Waals surface area contributed by atoms with Crippen molar-refractivity contribution in [2.75, 3.05) is 18.6 Å². The molecule has 0 N–H and O–H groups in total. The number of benzene rings is 2. The summed E-state index contributed by atoms with van der Waals surface area (Å²) in [6.07, 6.45) is 0.822. The Morgan fingerprint density at radius 3 is 2.60 bits per heavy atom. The topological polar surface area (TPSA) is 55.6 Å². The van der Waals surface area contributed by atoms with Gasteiger partial charge in [-0.25, -0.2) is 0 Å². The van der Waals surface area contributed by atoms with Crippen LogP contribution in [-0.4, -0.2) is 18.6 Å². The molecule has 1 aliphatic heterocycles. The molecular weight excluding hydrogens is 256 g/mol. The Morgan fingerprint density at radius 2 is 1.95 bits per heavy atom. The summed E-state index contributed by atoms with van der Waals surface area (Å²) in [5.74, 6) is 0.817. The Balaban J connectivity index is 1.94. The molecule has 0 atom stereocenters.